The fourth-order valence-electron chi connectivity index (χ4n) is 0.986. The maximum Gasteiger partial charge on any atom is 3.00 e. The van der Waals surface area contributed by atoms with Crippen molar-refractivity contribution in [3.63, 3.8) is 0 Å². The molecule has 0 spiro atoms. The third-order valence-corrected chi connectivity index (χ3v) is 1.62. The van der Waals surface area contributed by atoms with Crippen molar-refractivity contribution in [2.75, 3.05) is 13.2 Å². The van der Waals surface area contributed by atoms with Gasteiger partial charge in [0.2, 0.25) is 0 Å². The van der Waals surface area contributed by atoms with E-state index >= 15 is 0 Å². The monoisotopic (exact) mass is 384 g/mol. The Kier molecular flexibility index (Phi) is 25.2. The number of hydrogen-bond donors (Lipinski definition) is 0. The average molecular weight is 384 g/mol. The van der Waals surface area contributed by atoms with Crippen LogP contribution in [0.1, 0.15) is 41.5 Å². The maximum absolute atomic E-state index is 10.4. The largest absolute Gasteiger partial charge is 3.00 e. The van der Waals surface area contributed by atoms with Gasteiger partial charge in [-0.25, -0.2) is 12.8 Å². The van der Waals surface area contributed by atoms with Crippen LogP contribution in [0.4, 0.5) is 0 Å². The number of carbonyl (C=O) groups excluding carboxylic acids is 6. The van der Waals surface area contributed by atoms with Crippen LogP contribution in [0.25, 0.3) is 0 Å². The molecule has 0 radical (unpaired) electrons. The minimum absolute atomic E-state index is 0. The molecule has 8 nitrogen and oxygen atoms in total. The Morgan fingerprint density at radius 2 is 0.808 bits per heavy atom. The van der Waals surface area contributed by atoms with Crippen LogP contribution in [0.15, 0.2) is 0 Å². The van der Waals surface area contributed by atoms with E-state index < -0.39 is 11.9 Å². The molecule has 0 amide bonds. The van der Waals surface area contributed by atoms with Gasteiger partial charge in [-0.1, -0.05) is 0 Å². The predicted octanol–water partition coefficient (Wildman–Crippen LogP) is 0.673. The Labute approximate surface area is 165 Å². The molecule has 0 aliphatic heterocycles. The molecule has 0 aromatic carbocycles. The molecule has 0 aromatic rings. The fraction of sp³-hybridized carbons (Fsp3) is 0.471. The summed E-state index contributed by atoms with van der Waals surface area (Å²) >= 11 is 0. The van der Waals surface area contributed by atoms with Crippen molar-refractivity contribution in [1.29, 1.82) is 0 Å². The van der Waals surface area contributed by atoms with Gasteiger partial charge in [0.25, 0.3) is 0 Å². The number of ketones is 4. The second kappa shape index (κ2) is 20.8. The number of Topliss-reactive ketones (excluding diaryl/α,β-unsaturated/α-hetero) is 4. The molecule has 0 saturated heterocycles. The molecule has 0 aliphatic carbocycles. The van der Waals surface area contributed by atoms with E-state index in [1.165, 1.54) is 27.7 Å². The zero-order valence-corrected chi connectivity index (χ0v) is 17.1. The summed E-state index contributed by atoms with van der Waals surface area (Å²) < 4.78 is 8.87. The summed E-state index contributed by atoms with van der Waals surface area (Å²) in [6.07, 6.45) is 2.90. The van der Waals surface area contributed by atoms with Gasteiger partial charge in [0.15, 0.2) is 11.9 Å². The topological polar surface area (TPSA) is 121 Å². The normalized spacial score (nSPS) is 7.77. The first kappa shape index (κ1) is 31.5. The van der Waals surface area contributed by atoms with Gasteiger partial charge >= 0.3 is 17.4 Å². The van der Waals surface area contributed by atoms with E-state index in [-0.39, 0.29) is 40.5 Å². The Morgan fingerprint density at radius 3 is 0.923 bits per heavy atom. The van der Waals surface area contributed by atoms with Crippen LogP contribution in [0.3, 0.4) is 0 Å². The van der Waals surface area contributed by atoms with Gasteiger partial charge < -0.3 is 28.7 Å². The number of esters is 2. The molecular weight excluding hydrogens is 359 g/mol. The number of hydrogen-bond acceptors (Lipinski definition) is 8. The molecule has 0 saturated carbocycles. The van der Waals surface area contributed by atoms with Crippen LogP contribution in [-0.4, -0.2) is 65.6 Å². The summed E-state index contributed by atoms with van der Waals surface area (Å²) in [5, 5.41) is 0. The third kappa shape index (κ3) is 37.8. The van der Waals surface area contributed by atoms with Gasteiger partial charge in [-0.2, -0.15) is 0 Å². The first-order valence-electron chi connectivity index (χ1n) is 7.36. The molecule has 144 valence electrons. The summed E-state index contributed by atoms with van der Waals surface area (Å²) in [5.41, 5.74) is 0. The van der Waals surface area contributed by atoms with Gasteiger partial charge in [0.05, 0.1) is 13.2 Å². The zero-order valence-electron chi connectivity index (χ0n) is 16.0. The molecular formula is C17H25AlO8. The fourth-order valence-corrected chi connectivity index (χ4v) is 0.986. The van der Waals surface area contributed by atoms with Crippen molar-refractivity contribution in [2.24, 2.45) is 0 Å². The van der Waals surface area contributed by atoms with Crippen LogP contribution in [0.5, 0.6) is 0 Å². The summed E-state index contributed by atoms with van der Waals surface area (Å²) in [7, 11) is 0. The van der Waals surface area contributed by atoms with E-state index in [2.05, 4.69) is 9.47 Å². The second-order valence-electron chi connectivity index (χ2n) is 4.38. The molecule has 0 fully saturated rings. The average Bonchev–Trinajstić information content (AvgIpc) is 2.36. The van der Waals surface area contributed by atoms with Crippen molar-refractivity contribution in [2.45, 2.75) is 41.5 Å². The summed E-state index contributed by atoms with van der Waals surface area (Å²) in [5.74, 6) is -2.07. The first-order chi connectivity index (χ1) is 11.5. The Balaban J connectivity index is -0.000000138. The molecule has 0 atom stereocenters. The number of carbonyl (C=O) groups is 6. The van der Waals surface area contributed by atoms with E-state index in [9.17, 15) is 28.8 Å². The van der Waals surface area contributed by atoms with Crippen LogP contribution >= 0.6 is 0 Å². The molecule has 9 heteroatoms. The first-order valence-corrected chi connectivity index (χ1v) is 7.36. The second-order valence-corrected chi connectivity index (χ2v) is 4.38. The van der Waals surface area contributed by atoms with Gasteiger partial charge in [0.1, 0.15) is 0 Å². The zero-order chi connectivity index (χ0) is 20.4. The van der Waals surface area contributed by atoms with E-state index in [1.807, 2.05) is 0 Å². The number of rotatable bonds is 8. The van der Waals surface area contributed by atoms with Crippen molar-refractivity contribution in [3.05, 3.63) is 19.3 Å². The van der Waals surface area contributed by atoms with E-state index in [1.54, 1.807) is 13.8 Å². The third-order valence-electron chi connectivity index (χ3n) is 1.62. The number of ether oxygens (including phenoxy) is 2. The van der Waals surface area contributed by atoms with Crippen LogP contribution in [0.2, 0.25) is 0 Å². The smallest absolute Gasteiger partial charge is 0.488 e. The van der Waals surface area contributed by atoms with Crippen molar-refractivity contribution in [3.8, 4) is 0 Å². The Morgan fingerprint density at radius 1 is 0.577 bits per heavy atom. The predicted molar refractivity (Wildman–Crippen MR) is 94.6 cm³/mol. The van der Waals surface area contributed by atoms with Crippen molar-refractivity contribution in [1.82, 2.24) is 0 Å². The molecule has 0 bridgehead atoms. The summed E-state index contributed by atoms with van der Waals surface area (Å²) in [4.78, 5) is 61.0. The van der Waals surface area contributed by atoms with Crippen LogP contribution in [0, 0.1) is 19.3 Å². The van der Waals surface area contributed by atoms with E-state index in [0.717, 1.165) is 19.3 Å². The minimum Gasteiger partial charge on any atom is -0.488 e. The van der Waals surface area contributed by atoms with Gasteiger partial charge in [-0.15, -0.1) is 0 Å². The molecule has 0 aliphatic rings. The standard InChI is InChI=1S/2C6H9O3.C5H7O2.Al/c2*1-3-9-6(8)4-5(2)7;1-4(6)3-5(2)7;/h2*4H,3H2,1-2H3;3H,1-2H3;/q3*-1;+3. The molecule has 0 N–H and O–H groups in total. The molecule has 26 heavy (non-hydrogen) atoms. The quantitative estimate of drug-likeness (QED) is 0.259. The van der Waals surface area contributed by atoms with Crippen LogP contribution < -0.4 is 0 Å². The van der Waals surface area contributed by atoms with Crippen molar-refractivity contribution < 1.29 is 38.2 Å². The van der Waals surface area contributed by atoms with Gasteiger partial charge in [-0.05, 0) is 41.5 Å². The Bertz CT molecular complexity index is 429. The summed E-state index contributed by atoms with van der Waals surface area (Å²) in [6, 6.07) is 0. The molecule has 0 unspecified atom stereocenters. The van der Waals surface area contributed by atoms with E-state index in [0.29, 0.717) is 13.2 Å². The van der Waals surface area contributed by atoms with Gasteiger partial charge in [0, 0.05) is 23.1 Å². The van der Waals surface area contributed by atoms with E-state index in [4.69, 9.17) is 0 Å². The van der Waals surface area contributed by atoms with Crippen LogP contribution in [-0.2, 0) is 38.2 Å². The molecule has 0 rings (SSSR count). The molecule has 0 heterocycles. The maximum atomic E-state index is 10.4. The van der Waals surface area contributed by atoms with Crippen molar-refractivity contribution >= 4 is 52.4 Å². The van der Waals surface area contributed by atoms with Gasteiger partial charge in [-0.3, -0.25) is 16.0 Å². The summed E-state index contributed by atoms with van der Waals surface area (Å²) in [6.45, 7) is 9.29. The Hall–Kier alpha value is -2.24. The SMILES string of the molecule is CC(=O)[CH-]C(C)=O.CCOC(=O)[CH-]C(C)=O.CCOC(=O)[CH-]C(C)=O.[Al+3]. The minimum atomic E-state index is -0.565. The molecule has 0 aromatic heterocycles.